The van der Waals surface area contributed by atoms with Crippen LogP contribution in [0.2, 0.25) is 0 Å². The van der Waals surface area contributed by atoms with E-state index < -0.39 is 0 Å². The van der Waals surface area contributed by atoms with Gasteiger partial charge < -0.3 is 15.4 Å². The van der Waals surface area contributed by atoms with E-state index in [4.69, 9.17) is 4.74 Å². The SMILES string of the molecule is CCOC(=O)CCC(=O)NCCNC(=O)C1CC1. The first-order valence-electron chi connectivity index (χ1n) is 6.33. The van der Waals surface area contributed by atoms with E-state index in [2.05, 4.69) is 10.6 Å². The van der Waals surface area contributed by atoms with Gasteiger partial charge in [-0.05, 0) is 19.8 Å². The summed E-state index contributed by atoms with van der Waals surface area (Å²) < 4.78 is 4.71. The molecule has 18 heavy (non-hydrogen) atoms. The Morgan fingerprint density at radius 1 is 1.11 bits per heavy atom. The summed E-state index contributed by atoms with van der Waals surface area (Å²) in [4.78, 5) is 33.6. The molecule has 0 saturated heterocycles. The molecule has 1 rings (SSSR count). The molecule has 0 atom stereocenters. The Balaban J connectivity index is 1.95. The zero-order chi connectivity index (χ0) is 13.4. The van der Waals surface area contributed by atoms with Crippen LogP contribution in [0.15, 0.2) is 0 Å². The number of rotatable bonds is 8. The Morgan fingerprint density at radius 3 is 2.39 bits per heavy atom. The Kier molecular flexibility index (Phi) is 6.18. The standard InChI is InChI=1S/C12H20N2O4/c1-2-18-11(16)6-5-10(15)13-7-8-14-12(17)9-3-4-9/h9H,2-8H2,1H3,(H,13,15)(H,14,17). The van der Waals surface area contributed by atoms with Gasteiger partial charge in [0.25, 0.3) is 0 Å². The molecule has 1 aliphatic carbocycles. The lowest BCUT2D eigenvalue weighted by atomic mass is 10.3. The van der Waals surface area contributed by atoms with Gasteiger partial charge >= 0.3 is 5.97 Å². The van der Waals surface area contributed by atoms with Crippen molar-refractivity contribution in [1.29, 1.82) is 0 Å². The predicted molar refractivity (Wildman–Crippen MR) is 64.6 cm³/mol. The summed E-state index contributed by atoms with van der Waals surface area (Å²) in [6.07, 6.45) is 2.15. The van der Waals surface area contributed by atoms with Gasteiger partial charge in [0.15, 0.2) is 0 Å². The van der Waals surface area contributed by atoms with Gasteiger partial charge in [-0.3, -0.25) is 14.4 Å². The molecule has 0 unspecified atom stereocenters. The number of carbonyl (C=O) groups is 3. The van der Waals surface area contributed by atoms with Gasteiger partial charge in [-0.25, -0.2) is 0 Å². The summed E-state index contributed by atoms with van der Waals surface area (Å²) in [5, 5.41) is 5.37. The number of carbonyl (C=O) groups excluding carboxylic acids is 3. The fourth-order valence-corrected chi connectivity index (χ4v) is 1.41. The third-order valence-electron chi connectivity index (χ3n) is 2.56. The maximum absolute atomic E-state index is 11.3. The molecule has 0 heterocycles. The van der Waals surface area contributed by atoms with E-state index in [-0.39, 0.29) is 36.5 Å². The van der Waals surface area contributed by atoms with Gasteiger partial charge in [-0.2, -0.15) is 0 Å². The van der Waals surface area contributed by atoms with E-state index >= 15 is 0 Å². The summed E-state index contributed by atoms with van der Waals surface area (Å²) in [6, 6.07) is 0. The lowest BCUT2D eigenvalue weighted by Gasteiger charge is -2.06. The van der Waals surface area contributed by atoms with Crippen molar-refractivity contribution in [2.45, 2.75) is 32.6 Å². The highest BCUT2D eigenvalue weighted by Crippen LogP contribution is 2.28. The van der Waals surface area contributed by atoms with Gasteiger partial charge in [0.05, 0.1) is 13.0 Å². The molecule has 6 heteroatoms. The van der Waals surface area contributed by atoms with Crippen molar-refractivity contribution in [2.75, 3.05) is 19.7 Å². The number of esters is 1. The van der Waals surface area contributed by atoms with Crippen molar-refractivity contribution < 1.29 is 19.1 Å². The monoisotopic (exact) mass is 256 g/mol. The summed E-state index contributed by atoms with van der Waals surface area (Å²) in [5.74, 6) is -0.321. The van der Waals surface area contributed by atoms with Gasteiger partial charge in [0.1, 0.15) is 0 Å². The molecule has 2 N–H and O–H groups in total. The van der Waals surface area contributed by atoms with Gasteiger partial charge in [-0.15, -0.1) is 0 Å². The molecule has 0 spiro atoms. The third-order valence-corrected chi connectivity index (χ3v) is 2.56. The molecular weight excluding hydrogens is 236 g/mol. The van der Waals surface area contributed by atoms with Crippen molar-refractivity contribution in [2.24, 2.45) is 5.92 Å². The van der Waals surface area contributed by atoms with E-state index in [1.165, 1.54) is 0 Å². The molecule has 0 radical (unpaired) electrons. The minimum absolute atomic E-state index is 0.0655. The molecular formula is C12H20N2O4. The average Bonchev–Trinajstić information content (AvgIpc) is 3.16. The Hall–Kier alpha value is -1.59. The third kappa shape index (κ3) is 6.22. The molecule has 0 aromatic rings. The summed E-state index contributed by atoms with van der Waals surface area (Å²) in [7, 11) is 0. The molecule has 2 amide bonds. The van der Waals surface area contributed by atoms with Crippen molar-refractivity contribution in [3.8, 4) is 0 Å². The summed E-state index contributed by atoms with van der Waals surface area (Å²) >= 11 is 0. The highest BCUT2D eigenvalue weighted by atomic mass is 16.5. The van der Waals surface area contributed by atoms with Crippen LogP contribution in [-0.2, 0) is 19.1 Å². The van der Waals surface area contributed by atoms with Crippen LogP contribution in [0.4, 0.5) is 0 Å². The van der Waals surface area contributed by atoms with Gasteiger partial charge in [0.2, 0.25) is 11.8 Å². The minimum atomic E-state index is -0.366. The maximum atomic E-state index is 11.3. The van der Waals surface area contributed by atoms with E-state index in [0.29, 0.717) is 19.7 Å². The fraction of sp³-hybridized carbons (Fsp3) is 0.750. The summed E-state index contributed by atoms with van der Waals surface area (Å²) in [6.45, 7) is 2.87. The smallest absolute Gasteiger partial charge is 0.306 e. The Labute approximate surface area is 106 Å². The number of nitrogens with one attached hydrogen (secondary N) is 2. The first-order valence-corrected chi connectivity index (χ1v) is 6.33. The first kappa shape index (κ1) is 14.5. The maximum Gasteiger partial charge on any atom is 0.306 e. The molecule has 1 fully saturated rings. The van der Waals surface area contributed by atoms with Crippen LogP contribution in [0.25, 0.3) is 0 Å². The van der Waals surface area contributed by atoms with Crippen LogP contribution < -0.4 is 10.6 Å². The Bertz CT molecular complexity index is 313. The van der Waals surface area contributed by atoms with Gasteiger partial charge in [-0.1, -0.05) is 0 Å². The van der Waals surface area contributed by atoms with Crippen LogP contribution in [0, 0.1) is 5.92 Å². The number of hydrogen-bond donors (Lipinski definition) is 2. The second-order valence-electron chi connectivity index (χ2n) is 4.22. The van der Waals surface area contributed by atoms with E-state index in [1.54, 1.807) is 6.92 Å². The number of hydrogen-bond acceptors (Lipinski definition) is 4. The van der Waals surface area contributed by atoms with Crippen LogP contribution in [-0.4, -0.2) is 37.5 Å². The quantitative estimate of drug-likeness (QED) is 0.472. The van der Waals surface area contributed by atoms with Crippen LogP contribution >= 0.6 is 0 Å². The molecule has 0 aromatic carbocycles. The molecule has 0 bridgehead atoms. The van der Waals surface area contributed by atoms with Crippen molar-refractivity contribution >= 4 is 17.8 Å². The Morgan fingerprint density at radius 2 is 1.78 bits per heavy atom. The van der Waals surface area contributed by atoms with Crippen LogP contribution in [0.1, 0.15) is 32.6 Å². The number of ether oxygens (including phenoxy) is 1. The van der Waals surface area contributed by atoms with Crippen molar-refractivity contribution in [3.63, 3.8) is 0 Å². The van der Waals surface area contributed by atoms with Crippen molar-refractivity contribution in [3.05, 3.63) is 0 Å². The molecule has 0 aliphatic heterocycles. The topological polar surface area (TPSA) is 84.5 Å². The lowest BCUT2D eigenvalue weighted by Crippen LogP contribution is -2.35. The highest BCUT2D eigenvalue weighted by Gasteiger charge is 2.28. The van der Waals surface area contributed by atoms with Crippen LogP contribution in [0.3, 0.4) is 0 Å². The number of amides is 2. The van der Waals surface area contributed by atoms with E-state index in [9.17, 15) is 14.4 Å². The predicted octanol–water partition coefficient (Wildman–Crippen LogP) is -0.0279. The van der Waals surface area contributed by atoms with E-state index in [1.807, 2.05) is 0 Å². The second-order valence-corrected chi connectivity index (χ2v) is 4.22. The van der Waals surface area contributed by atoms with E-state index in [0.717, 1.165) is 12.8 Å². The lowest BCUT2D eigenvalue weighted by molar-refractivity contribution is -0.144. The molecule has 6 nitrogen and oxygen atoms in total. The molecule has 102 valence electrons. The molecule has 1 saturated carbocycles. The van der Waals surface area contributed by atoms with Crippen molar-refractivity contribution in [1.82, 2.24) is 10.6 Å². The zero-order valence-corrected chi connectivity index (χ0v) is 10.7. The first-order chi connectivity index (χ1) is 8.63. The van der Waals surface area contributed by atoms with Crippen LogP contribution in [0.5, 0.6) is 0 Å². The minimum Gasteiger partial charge on any atom is -0.466 e. The fourth-order valence-electron chi connectivity index (χ4n) is 1.41. The zero-order valence-electron chi connectivity index (χ0n) is 10.7. The second kappa shape index (κ2) is 7.68. The van der Waals surface area contributed by atoms with Gasteiger partial charge in [0, 0.05) is 25.4 Å². The highest BCUT2D eigenvalue weighted by molar-refractivity contribution is 5.82. The normalized spacial score (nSPS) is 13.8. The molecule has 1 aliphatic rings. The molecule has 0 aromatic heterocycles. The largest absolute Gasteiger partial charge is 0.466 e. The summed E-state index contributed by atoms with van der Waals surface area (Å²) in [5.41, 5.74) is 0. The average molecular weight is 256 g/mol.